The van der Waals surface area contributed by atoms with Gasteiger partial charge in [0.25, 0.3) is 0 Å². The van der Waals surface area contributed by atoms with Gasteiger partial charge in [-0.15, -0.1) is 0 Å². The standard InChI is InChI=1S/C17H21N3O3/c1-10-18-13-6-5-12(9-14(13)23-10)19-16(21)20-17(2)7-8-22-15(17)11-3-4-11/h5-6,9,11,15H,3-4,7-8H2,1-2H3,(H2,19,20,21). The molecule has 2 atom stereocenters. The van der Waals surface area contributed by atoms with E-state index in [1.54, 1.807) is 13.0 Å². The van der Waals surface area contributed by atoms with E-state index in [4.69, 9.17) is 9.15 Å². The average Bonchev–Trinajstić information content (AvgIpc) is 3.15. The summed E-state index contributed by atoms with van der Waals surface area (Å²) in [5, 5.41) is 5.99. The average molecular weight is 315 g/mol. The van der Waals surface area contributed by atoms with Crippen molar-refractivity contribution in [3.05, 3.63) is 24.1 Å². The lowest BCUT2D eigenvalue weighted by atomic mass is 9.90. The highest BCUT2D eigenvalue weighted by Crippen LogP contribution is 2.43. The lowest BCUT2D eigenvalue weighted by Crippen LogP contribution is -2.53. The Morgan fingerprint density at radius 1 is 1.39 bits per heavy atom. The molecule has 0 spiro atoms. The number of carbonyl (C=O) groups is 1. The van der Waals surface area contributed by atoms with Gasteiger partial charge in [0, 0.05) is 25.3 Å². The van der Waals surface area contributed by atoms with Gasteiger partial charge in [-0.05, 0) is 44.2 Å². The number of hydrogen-bond donors (Lipinski definition) is 2. The Morgan fingerprint density at radius 2 is 2.22 bits per heavy atom. The number of aromatic nitrogens is 1. The van der Waals surface area contributed by atoms with Crippen molar-refractivity contribution in [1.29, 1.82) is 0 Å². The van der Waals surface area contributed by atoms with Gasteiger partial charge in [0.1, 0.15) is 5.52 Å². The number of carbonyl (C=O) groups excluding carboxylic acids is 1. The van der Waals surface area contributed by atoms with Crippen molar-refractivity contribution in [2.75, 3.05) is 11.9 Å². The van der Waals surface area contributed by atoms with Crippen LogP contribution in [-0.2, 0) is 4.74 Å². The minimum absolute atomic E-state index is 0.132. The van der Waals surface area contributed by atoms with E-state index in [2.05, 4.69) is 22.5 Å². The van der Waals surface area contributed by atoms with Crippen molar-refractivity contribution in [3.8, 4) is 0 Å². The van der Waals surface area contributed by atoms with Gasteiger partial charge in [0.05, 0.1) is 11.6 Å². The smallest absolute Gasteiger partial charge is 0.319 e. The summed E-state index contributed by atoms with van der Waals surface area (Å²) < 4.78 is 11.3. The van der Waals surface area contributed by atoms with E-state index in [0.717, 1.165) is 11.9 Å². The van der Waals surface area contributed by atoms with Crippen LogP contribution in [0.4, 0.5) is 10.5 Å². The molecule has 23 heavy (non-hydrogen) atoms. The largest absolute Gasteiger partial charge is 0.441 e. The fourth-order valence-corrected chi connectivity index (χ4v) is 3.45. The summed E-state index contributed by atoms with van der Waals surface area (Å²) in [4.78, 5) is 16.6. The van der Waals surface area contributed by atoms with Gasteiger partial charge in [0.2, 0.25) is 0 Å². The van der Waals surface area contributed by atoms with Crippen LogP contribution in [0.2, 0.25) is 0 Å². The number of hydrogen-bond acceptors (Lipinski definition) is 4. The van der Waals surface area contributed by atoms with Crippen molar-refractivity contribution in [2.45, 2.75) is 44.8 Å². The van der Waals surface area contributed by atoms with Gasteiger partial charge in [0.15, 0.2) is 11.5 Å². The van der Waals surface area contributed by atoms with Crippen molar-refractivity contribution in [1.82, 2.24) is 10.3 Å². The summed E-state index contributed by atoms with van der Waals surface area (Å²) in [5.41, 5.74) is 1.86. The number of rotatable bonds is 3. The molecule has 2 heterocycles. The molecule has 2 N–H and O–H groups in total. The molecule has 2 amide bonds. The lowest BCUT2D eigenvalue weighted by molar-refractivity contribution is 0.0597. The van der Waals surface area contributed by atoms with Crippen molar-refractivity contribution in [2.24, 2.45) is 5.92 Å². The number of nitrogens with zero attached hydrogens (tertiary/aromatic N) is 1. The van der Waals surface area contributed by atoms with E-state index in [9.17, 15) is 4.79 Å². The highest BCUT2D eigenvalue weighted by Gasteiger charge is 2.49. The number of nitrogens with one attached hydrogen (secondary N) is 2. The van der Waals surface area contributed by atoms with E-state index < -0.39 is 0 Å². The Hall–Kier alpha value is -2.08. The maximum absolute atomic E-state index is 12.4. The minimum Gasteiger partial charge on any atom is -0.441 e. The van der Waals surface area contributed by atoms with Gasteiger partial charge in [-0.3, -0.25) is 0 Å². The zero-order chi connectivity index (χ0) is 16.0. The number of anilines is 1. The highest BCUT2D eigenvalue weighted by molar-refractivity contribution is 5.92. The number of benzene rings is 1. The number of aryl methyl sites for hydroxylation is 1. The molecular formula is C17H21N3O3. The Labute approximate surface area is 134 Å². The second-order valence-electron chi connectivity index (χ2n) is 6.79. The molecule has 4 rings (SSSR count). The number of fused-ring (bicyclic) bond motifs is 1. The Balaban J connectivity index is 1.46. The van der Waals surface area contributed by atoms with Gasteiger partial charge in [-0.1, -0.05) is 0 Å². The van der Waals surface area contributed by atoms with Crippen molar-refractivity contribution < 1.29 is 13.9 Å². The third-order valence-corrected chi connectivity index (χ3v) is 4.75. The molecule has 1 saturated heterocycles. The normalized spacial score (nSPS) is 27.3. The maximum atomic E-state index is 12.4. The minimum atomic E-state index is -0.293. The SMILES string of the molecule is Cc1nc2ccc(NC(=O)NC3(C)CCOC3C3CC3)cc2o1. The molecule has 6 heteroatoms. The summed E-state index contributed by atoms with van der Waals surface area (Å²) >= 11 is 0. The van der Waals surface area contributed by atoms with Crippen LogP contribution in [0, 0.1) is 12.8 Å². The Morgan fingerprint density at radius 3 is 3.00 bits per heavy atom. The van der Waals surface area contributed by atoms with E-state index in [0.29, 0.717) is 29.7 Å². The van der Waals surface area contributed by atoms with Crippen LogP contribution in [-0.4, -0.2) is 29.3 Å². The summed E-state index contributed by atoms with van der Waals surface area (Å²) in [7, 11) is 0. The molecule has 2 aromatic rings. The van der Waals surface area contributed by atoms with Gasteiger partial charge in [-0.2, -0.15) is 0 Å². The molecule has 0 radical (unpaired) electrons. The zero-order valence-corrected chi connectivity index (χ0v) is 13.4. The number of urea groups is 1. The summed E-state index contributed by atoms with van der Waals surface area (Å²) in [6.45, 7) is 4.59. The van der Waals surface area contributed by atoms with Crippen LogP contribution in [0.15, 0.2) is 22.6 Å². The highest BCUT2D eigenvalue weighted by atomic mass is 16.5. The summed E-state index contributed by atoms with van der Waals surface area (Å²) in [6, 6.07) is 5.25. The van der Waals surface area contributed by atoms with Crippen LogP contribution in [0.1, 0.15) is 32.1 Å². The number of ether oxygens (including phenoxy) is 1. The van der Waals surface area contributed by atoms with Crippen molar-refractivity contribution >= 4 is 22.8 Å². The molecule has 1 aromatic carbocycles. The van der Waals surface area contributed by atoms with E-state index >= 15 is 0 Å². The second kappa shape index (κ2) is 5.23. The molecule has 6 nitrogen and oxygen atoms in total. The molecule has 1 aliphatic heterocycles. The van der Waals surface area contributed by atoms with Gasteiger partial charge < -0.3 is 19.8 Å². The second-order valence-corrected chi connectivity index (χ2v) is 6.79. The first-order valence-corrected chi connectivity index (χ1v) is 8.11. The molecule has 0 bridgehead atoms. The molecule has 2 fully saturated rings. The monoisotopic (exact) mass is 315 g/mol. The molecular weight excluding hydrogens is 294 g/mol. The Bertz CT molecular complexity index is 753. The molecule has 2 unspecified atom stereocenters. The lowest BCUT2D eigenvalue weighted by Gasteiger charge is -2.31. The first-order chi connectivity index (χ1) is 11.0. The maximum Gasteiger partial charge on any atom is 0.319 e. The first-order valence-electron chi connectivity index (χ1n) is 8.11. The third-order valence-electron chi connectivity index (χ3n) is 4.75. The van der Waals surface area contributed by atoms with Gasteiger partial charge >= 0.3 is 6.03 Å². The van der Waals surface area contributed by atoms with Gasteiger partial charge in [-0.25, -0.2) is 9.78 Å². The molecule has 2 aliphatic rings. The first kappa shape index (κ1) is 14.5. The fraction of sp³-hybridized carbons (Fsp3) is 0.529. The molecule has 122 valence electrons. The molecule has 1 saturated carbocycles. The fourth-order valence-electron chi connectivity index (χ4n) is 3.45. The predicted octanol–water partition coefficient (Wildman–Crippen LogP) is 3.22. The van der Waals surface area contributed by atoms with E-state index in [1.165, 1.54) is 12.8 Å². The summed E-state index contributed by atoms with van der Waals surface area (Å²) in [6.07, 6.45) is 3.38. The van der Waals surface area contributed by atoms with Crippen LogP contribution in [0.3, 0.4) is 0 Å². The third kappa shape index (κ3) is 2.79. The van der Waals surface area contributed by atoms with Crippen LogP contribution < -0.4 is 10.6 Å². The quantitative estimate of drug-likeness (QED) is 0.912. The van der Waals surface area contributed by atoms with E-state index in [1.807, 2.05) is 12.1 Å². The van der Waals surface area contributed by atoms with Crippen LogP contribution in [0.5, 0.6) is 0 Å². The Kier molecular flexibility index (Phi) is 3.30. The number of amides is 2. The number of oxazole rings is 1. The van der Waals surface area contributed by atoms with Crippen molar-refractivity contribution in [3.63, 3.8) is 0 Å². The predicted molar refractivity (Wildman–Crippen MR) is 86.4 cm³/mol. The topological polar surface area (TPSA) is 76.4 Å². The molecule has 1 aromatic heterocycles. The summed E-state index contributed by atoms with van der Waals surface area (Å²) in [5.74, 6) is 1.21. The van der Waals surface area contributed by atoms with Crippen LogP contribution in [0.25, 0.3) is 11.1 Å². The molecule has 1 aliphatic carbocycles. The van der Waals surface area contributed by atoms with Crippen LogP contribution >= 0.6 is 0 Å². The van der Waals surface area contributed by atoms with E-state index in [-0.39, 0.29) is 17.7 Å². The zero-order valence-electron chi connectivity index (χ0n) is 13.4.